The molecule has 0 aliphatic heterocycles. The first kappa shape index (κ1) is 43.7. The summed E-state index contributed by atoms with van der Waals surface area (Å²) in [5.74, 6) is 0. The zero-order valence-electron chi connectivity index (χ0n) is 43.4. The van der Waals surface area contributed by atoms with Crippen LogP contribution in [0.2, 0.25) is 0 Å². The summed E-state index contributed by atoms with van der Waals surface area (Å²) in [7, 11) is 0. The van der Waals surface area contributed by atoms with Crippen LogP contribution in [0.25, 0.3) is 121 Å². The molecule has 4 nitrogen and oxygen atoms in total. The standard InChI is InChI=1S/C73H52N4/c1-45(74-65-29-13-5-21-53(65)54-22-6-14-30-66(54)74)41-61-47(3)48(4)62(42-46(2)75-67-31-15-7-23-55(67)56-24-8-16-32-68(56)75)73(61)63-43-49(76-69-33-17-9-25-57(69)58-26-10-18-34-70(58)76)37-39-51(63)52-40-38-50(44-64(52)73)77-71-35-19-11-27-59(71)60-28-12-20-36-72(60)77/h5-44H,1-4H3/b45-41+,46-42+. The average Bonchev–Trinajstić information content (AvgIpc) is 4.49. The Morgan fingerprint density at radius 2 is 0.558 bits per heavy atom. The fourth-order valence-electron chi connectivity index (χ4n) is 14.3. The lowest BCUT2D eigenvalue weighted by Crippen LogP contribution is -2.28. The van der Waals surface area contributed by atoms with Crippen molar-refractivity contribution < 1.29 is 0 Å². The molecule has 0 N–H and O–H groups in total. The van der Waals surface area contributed by atoms with Gasteiger partial charge in [-0.2, -0.15) is 0 Å². The SMILES string of the molecule is CC1=C(/C=C(\C)n2c3ccccc3c3ccccc32)C2(C(/C=C(\C)n3c4ccccc4c4ccccc43)=C1C)c1cc(-n3c4ccccc4c4ccccc43)ccc1-c1ccc(-n3c4ccccc4c4ccccc43)cc12. The van der Waals surface area contributed by atoms with Gasteiger partial charge in [0.15, 0.2) is 0 Å². The van der Waals surface area contributed by atoms with Gasteiger partial charge in [0.2, 0.25) is 0 Å². The molecule has 4 aromatic heterocycles. The number of allylic oxidation sites excluding steroid dienone is 8. The van der Waals surface area contributed by atoms with Crippen molar-refractivity contribution in [3.8, 4) is 22.5 Å². The summed E-state index contributed by atoms with van der Waals surface area (Å²) in [5.41, 5.74) is 23.7. The van der Waals surface area contributed by atoms with Crippen LogP contribution in [0.1, 0.15) is 38.8 Å². The number of rotatable bonds is 6. The monoisotopic (exact) mass is 984 g/mol. The van der Waals surface area contributed by atoms with Crippen LogP contribution < -0.4 is 0 Å². The number of hydrogen-bond acceptors (Lipinski definition) is 0. The van der Waals surface area contributed by atoms with Gasteiger partial charge in [0.1, 0.15) is 0 Å². The Morgan fingerprint density at radius 3 is 0.844 bits per heavy atom. The predicted molar refractivity (Wildman–Crippen MR) is 326 cm³/mol. The van der Waals surface area contributed by atoms with Crippen molar-refractivity contribution in [3.05, 3.63) is 276 Å². The highest BCUT2D eigenvalue weighted by atomic mass is 15.0. The first-order valence-electron chi connectivity index (χ1n) is 26.9. The smallest absolute Gasteiger partial charge is 0.0721 e. The molecule has 1 spiro atoms. The van der Waals surface area contributed by atoms with Gasteiger partial charge in [0.05, 0.1) is 49.5 Å². The number of nitrogens with zero attached hydrogens (tertiary/aromatic N) is 4. The van der Waals surface area contributed by atoms with Crippen LogP contribution in [0.3, 0.4) is 0 Å². The maximum atomic E-state index is 2.55. The highest BCUT2D eigenvalue weighted by molar-refractivity contribution is 6.13. The molecule has 4 heteroatoms. The summed E-state index contributed by atoms with van der Waals surface area (Å²) in [6.07, 6.45) is 5.10. The number of hydrogen-bond donors (Lipinski definition) is 0. The molecule has 0 radical (unpaired) electrons. The van der Waals surface area contributed by atoms with E-state index in [2.05, 4.69) is 289 Å². The van der Waals surface area contributed by atoms with Gasteiger partial charge in [-0.25, -0.2) is 0 Å². The summed E-state index contributed by atoms with van der Waals surface area (Å²) in [5, 5.41) is 10.0. The lowest BCUT2D eigenvalue weighted by atomic mass is 9.68. The van der Waals surface area contributed by atoms with E-state index >= 15 is 0 Å². The van der Waals surface area contributed by atoms with Crippen molar-refractivity contribution in [2.24, 2.45) is 0 Å². The van der Waals surface area contributed by atoms with E-state index in [4.69, 9.17) is 0 Å². The minimum Gasteiger partial charge on any atom is -0.313 e. The maximum Gasteiger partial charge on any atom is 0.0721 e. The van der Waals surface area contributed by atoms with E-state index in [1.807, 2.05) is 0 Å². The molecule has 364 valence electrons. The zero-order valence-corrected chi connectivity index (χ0v) is 43.4. The summed E-state index contributed by atoms with van der Waals surface area (Å²) in [4.78, 5) is 0. The Kier molecular flexibility index (Phi) is 9.19. The maximum absolute atomic E-state index is 2.55. The van der Waals surface area contributed by atoms with E-state index < -0.39 is 5.41 Å². The zero-order chi connectivity index (χ0) is 51.3. The van der Waals surface area contributed by atoms with Gasteiger partial charge < -0.3 is 18.3 Å². The van der Waals surface area contributed by atoms with Crippen molar-refractivity contribution >= 4 is 98.6 Å². The molecule has 0 fully saturated rings. The van der Waals surface area contributed by atoms with Crippen LogP contribution in [0, 0.1) is 0 Å². The lowest BCUT2D eigenvalue weighted by molar-refractivity contribution is 0.774. The second-order valence-electron chi connectivity index (χ2n) is 21.3. The highest BCUT2D eigenvalue weighted by Gasteiger charge is 2.52. The molecule has 14 aromatic rings. The molecule has 0 saturated heterocycles. The van der Waals surface area contributed by atoms with Crippen molar-refractivity contribution in [1.82, 2.24) is 18.3 Å². The van der Waals surface area contributed by atoms with Gasteiger partial charge in [-0.15, -0.1) is 0 Å². The van der Waals surface area contributed by atoms with Crippen molar-refractivity contribution in [2.45, 2.75) is 33.1 Å². The Balaban J connectivity index is 1.04. The molecule has 10 aromatic carbocycles. The second-order valence-corrected chi connectivity index (χ2v) is 21.3. The van der Waals surface area contributed by atoms with E-state index in [1.165, 1.54) is 143 Å². The van der Waals surface area contributed by atoms with Crippen molar-refractivity contribution in [3.63, 3.8) is 0 Å². The highest BCUT2D eigenvalue weighted by Crippen LogP contribution is 2.63. The van der Waals surface area contributed by atoms with E-state index in [1.54, 1.807) is 0 Å². The molecule has 0 saturated carbocycles. The topological polar surface area (TPSA) is 19.7 Å². The second kappa shape index (κ2) is 16.2. The number of benzene rings is 10. The van der Waals surface area contributed by atoms with Gasteiger partial charge >= 0.3 is 0 Å². The minimum atomic E-state index is -0.761. The molecule has 0 atom stereocenters. The summed E-state index contributed by atoms with van der Waals surface area (Å²) < 4.78 is 9.96. The number of fused-ring (bicyclic) bond motifs is 17. The van der Waals surface area contributed by atoms with Gasteiger partial charge in [-0.1, -0.05) is 158 Å². The Hall–Kier alpha value is -9.64. The van der Waals surface area contributed by atoms with E-state index in [0.29, 0.717) is 0 Å². The molecule has 2 aliphatic rings. The van der Waals surface area contributed by atoms with Gasteiger partial charge in [-0.05, 0) is 157 Å². The molecule has 4 heterocycles. The van der Waals surface area contributed by atoms with Gasteiger partial charge in [0.25, 0.3) is 0 Å². The largest absolute Gasteiger partial charge is 0.313 e. The van der Waals surface area contributed by atoms with Gasteiger partial charge in [0, 0.05) is 65.9 Å². The van der Waals surface area contributed by atoms with E-state index in [-0.39, 0.29) is 0 Å². The molecule has 16 rings (SSSR count). The fourth-order valence-corrected chi connectivity index (χ4v) is 14.3. The molecule has 2 aliphatic carbocycles. The third-order valence-corrected chi connectivity index (χ3v) is 17.5. The number of para-hydroxylation sites is 8. The summed E-state index contributed by atoms with van der Waals surface area (Å²) >= 11 is 0. The molecule has 0 amide bonds. The third kappa shape index (κ3) is 5.87. The Morgan fingerprint density at radius 1 is 0.312 bits per heavy atom. The summed E-state index contributed by atoms with van der Waals surface area (Å²) in [6.45, 7) is 9.40. The van der Waals surface area contributed by atoms with Crippen molar-refractivity contribution in [2.75, 3.05) is 0 Å². The van der Waals surface area contributed by atoms with Crippen LogP contribution in [0.5, 0.6) is 0 Å². The third-order valence-electron chi connectivity index (χ3n) is 17.5. The normalized spacial score (nSPS) is 14.6. The van der Waals surface area contributed by atoms with E-state index in [0.717, 1.165) is 11.4 Å². The first-order chi connectivity index (χ1) is 37.9. The van der Waals surface area contributed by atoms with Crippen LogP contribution >= 0.6 is 0 Å². The minimum absolute atomic E-state index is 0.761. The first-order valence-corrected chi connectivity index (χ1v) is 26.9. The van der Waals surface area contributed by atoms with E-state index in [9.17, 15) is 0 Å². The Bertz CT molecular complexity index is 4500. The number of aromatic nitrogens is 4. The molecular formula is C73H52N4. The average molecular weight is 985 g/mol. The molecular weight excluding hydrogens is 933 g/mol. The van der Waals surface area contributed by atoms with Crippen LogP contribution in [0.4, 0.5) is 0 Å². The van der Waals surface area contributed by atoms with Crippen LogP contribution in [-0.2, 0) is 5.41 Å². The summed E-state index contributed by atoms with van der Waals surface area (Å²) in [6, 6.07) is 85.8. The molecule has 0 bridgehead atoms. The molecule has 0 unspecified atom stereocenters. The predicted octanol–water partition coefficient (Wildman–Crippen LogP) is 19.1. The quantitative estimate of drug-likeness (QED) is 0.158. The van der Waals surface area contributed by atoms with Gasteiger partial charge in [-0.3, -0.25) is 0 Å². The fraction of sp³-hybridized carbons (Fsp3) is 0.0685. The van der Waals surface area contributed by atoms with Crippen molar-refractivity contribution in [1.29, 1.82) is 0 Å². The molecule has 77 heavy (non-hydrogen) atoms. The Labute approximate surface area is 446 Å². The van der Waals surface area contributed by atoms with Crippen LogP contribution in [-0.4, -0.2) is 18.3 Å². The lowest BCUT2D eigenvalue weighted by Gasteiger charge is -2.34. The van der Waals surface area contributed by atoms with Crippen LogP contribution in [0.15, 0.2) is 265 Å².